The maximum Gasteiger partial charge on any atom is 0.321 e. The molecule has 0 bridgehead atoms. The number of benzene rings is 3. The van der Waals surface area contributed by atoms with E-state index in [2.05, 4.69) is 5.32 Å². The van der Waals surface area contributed by atoms with Crippen LogP contribution >= 0.6 is 0 Å². The van der Waals surface area contributed by atoms with Gasteiger partial charge in [-0.2, -0.15) is 0 Å². The third kappa shape index (κ3) is 6.41. The zero-order valence-corrected chi connectivity index (χ0v) is 23.0. The molecule has 3 amide bonds. The van der Waals surface area contributed by atoms with E-state index in [0.29, 0.717) is 36.7 Å². The summed E-state index contributed by atoms with van der Waals surface area (Å²) in [5, 5.41) is 12.9. The van der Waals surface area contributed by atoms with Gasteiger partial charge in [0.2, 0.25) is 0 Å². The van der Waals surface area contributed by atoms with Crippen molar-refractivity contribution in [2.24, 2.45) is 5.92 Å². The number of likely N-dealkylation sites (N-methyl/N-ethyl adjacent to an activating group) is 1. The number of aliphatic hydroxyl groups is 1. The molecule has 4 rings (SSSR count). The van der Waals surface area contributed by atoms with Gasteiger partial charge in [0, 0.05) is 31.6 Å². The van der Waals surface area contributed by atoms with Crippen molar-refractivity contribution in [3.05, 3.63) is 83.9 Å². The SMILES string of the molecule is COc1ccccc1NC(=O)N(C)C[C@@H]1OCc2ccccc2-c2ccccc2C(=O)N([C@@H](C)CO)C[C@H]1C. The highest BCUT2D eigenvalue weighted by atomic mass is 16.5. The van der Waals surface area contributed by atoms with E-state index in [1.807, 2.05) is 74.5 Å². The maximum atomic E-state index is 13.9. The topological polar surface area (TPSA) is 91.3 Å². The summed E-state index contributed by atoms with van der Waals surface area (Å²) in [5.41, 5.74) is 3.88. The number of fused-ring (bicyclic) bond motifs is 3. The lowest BCUT2D eigenvalue weighted by Crippen LogP contribution is -2.48. The van der Waals surface area contributed by atoms with Gasteiger partial charge in [0.1, 0.15) is 5.75 Å². The van der Waals surface area contributed by atoms with Crippen molar-refractivity contribution >= 4 is 17.6 Å². The Hall–Kier alpha value is -3.88. The first-order chi connectivity index (χ1) is 18.8. The number of rotatable bonds is 6. The van der Waals surface area contributed by atoms with Gasteiger partial charge in [0.05, 0.1) is 38.2 Å². The number of aliphatic hydroxyl groups excluding tert-OH is 1. The minimum atomic E-state index is -0.392. The van der Waals surface area contributed by atoms with E-state index in [4.69, 9.17) is 9.47 Å². The monoisotopic (exact) mass is 531 g/mol. The first-order valence-electron chi connectivity index (χ1n) is 13.2. The number of hydrogen-bond donors (Lipinski definition) is 2. The van der Waals surface area contributed by atoms with Crippen LogP contribution in [0.4, 0.5) is 10.5 Å². The third-order valence-electron chi connectivity index (χ3n) is 7.24. The Bertz CT molecular complexity index is 1300. The summed E-state index contributed by atoms with van der Waals surface area (Å²) in [5.74, 6) is 0.292. The molecule has 0 aliphatic carbocycles. The van der Waals surface area contributed by atoms with Gasteiger partial charge >= 0.3 is 6.03 Å². The van der Waals surface area contributed by atoms with E-state index < -0.39 is 6.04 Å². The number of carbonyl (C=O) groups is 2. The number of anilines is 1. The molecule has 39 heavy (non-hydrogen) atoms. The second kappa shape index (κ2) is 12.8. The minimum Gasteiger partial charge on any atom is -0.495 e. The number of carbonyl (C=O) groups excluding carboxylic acids is 2. The summed E-state index contributed by atoms with van der Waals surface area (Å²) in [6, 6.07) is 22.0. The molecule has 2 N–H and O–H groups in total. The number of nitrogens with one attached hydrogen (secondary N) is 1. The molecule has 3 atom stereocenters. The van der Waals surface area contributed by atoms with Crippen molar-refractivity contribution < 1.29 is 24.2 Å². The van der Waals surface area contributed by atoms with Crippen LogP contribution in [0.3, 0.4) is 0 Å². The highest BCUT2D eigenvalue weighted by molar-refractivity contribution is 6.01. The Labute approximate surface area is 230 Å². The van der Waals surface area contributed by atoms with Crippen LogP contribution in [0.1, 0.15) is 29.8 Å². The summed E-state index contributed by atoms with van der Waals surface area (Å²) in [4.78, 5) is 30.3. The molecule has 0 unspecified atom stereocenters. The van der Waals surface area contributed by atoms with Gasteiger partial charge in [-0.1, -0.05) is 61.5 Å². The Morgan fingerprint density at radius 3 is 2.44 bits per heavy atom. The van der Waals surface area contributed by atoms with Gasteiger partial charge in [0.15, 0.2) is 0 Å². The maximum absolute atomic E-state index is 13.9. The molecule has 3 aromatic carbocycles. The molecule has 0 radical (unpaired) electrons. The van der Waals surface area contributed by atoms with Gasteiger partial charge in [-0.05, 0) is 41.8 Å². The van der Waals surface area contributed by atoms with E-state index >= 15 is 0 Å². The Balaban J connectivity index is 1.64. The second-order valence-electron chi connectivity index (χ2n) is 10.0. The van der Waals surface area contributed by atoms with Crippen molar-refractivity contribution in [1.29, 1.82) is 0 Å². The van der Waals surface area contributed by atoms with Crippen LogP contribution in [-0.4, -0.2) is 72.8 Å². The van der Waals surface area contributed by atoms with Gasteiger partial charge in [-0.15, -0.1) is 0 Å². The number of urea groups is 1. The smallest absolute Gasteiger partial charge is 0.321 e. The average Bonchev–Trinajstić information content (AvgIpc) is 2.98. The molecule has 1 aliphatic heterocycles. The summed E-state index contributed by atoms with van der Waals surface area (Å²) in [7, 11) is 3.28. The lowest BCUT2D eigenvalue weighted by atomic mass is 9.94. The van der Waals surface area contributed by atoms with E-state index in [0.717, 1.165) is 16.7 Å². The fraction of sp³-hybridized carbons (Fsp3) is 0.355. The zero-order chi connectivity index (χ0) is 27.9. The normalized spacial score (nSPS) is 18.3. The van der Waals surface area contributed by atoms with Crippen LogP contribution in [0.25, 0.3) is 11.1 Å². The van der Waals surface area contributed by atoms with E-state index in [-0.39, 0.29) is 30.6 Å². The Morgan fingerprint density at radius 2 is 1.72 bits per heavy atom. The molecule has 1 heterocycles. The quantitative estimate of drug-likeness (QED) is 0.473. The van der Waals surface area contributed by atoms with Crippen LogP contribution in [0.2, 0.25) is 0 Å². The first kappa shape index (κ1) is 28.1. The number of nitrogens with zero attached hydrogens (tertiary/aromatic N) is 2. The molecule has 0 saturated heterocycles. The van der Waals surface area contributed by atoms with Crippen LogP contribution in [-0.2, 0) is 11.3 Å². The van der Waals surface area contributed by atoms with Crippen LogP contribution < -0.4 is 10.1 Å². The zero-order valence-electron chi connectivity index (χ0n) is 23.0. The molecule has 206 valence electrons. The lowest BCUT2D eigenvalue weighted by molar-refractivity contribution is -0.0178. The molecular weight excluding hydrogens is 494 g/mol. The molecule has 0 spiro atoms. The van der Waals surface area contributed by atoms with Crippen molar-refractivity contribution in [2.75, 3.05) is 39.2 Å². The van der Waals surface area contributed by atoms with Crippen molar-refractivity contribution in [3.8, 4) is 16.9 Å². The van der Waals surface area contributed by atoms with Crippen LogP contribution in [0.15, 0.2) is 72.8 Å². The van der Waals surface area contributed by atoms with Crippen LogP contribution in [0, 0.1) is 5.92 Å². The van der Waals surface area contributed by atoms with Gasteiger partial charge in [0.25, 0.3) is 5.91 Å². The number of amides is 3. The van der Waals surface area contributed by atoms with Gasteiger partial charge in [-0.25, -0.2) is 4.79 Å². The van der Waals surface area contributed by atoms with E-state index in [1.165, 1.54) is 0 Å². The average molecular weight is 532 g/mol. The summed E-state index contributed by atoms with van der Waals surface area (Å²) < 4.78 is 11.9. The predicted molar refractivity (Wildman–Crippen MR) is 152 cm³/mol. The lowest BCUT2D eigenvalue weighted by Gasteiger charge is -2.35. The molecule has 0 aromatic heterocycles. The molecule has 3 aromatic rings. The predicted octanol–water partition coefficient (Wildman–Crippen LogP) is 4.88. The number of methoxy groups -OCH3 is 1. The number of ether oxygens (including phenoxy) is 2. The molecule has 0 fully saturated rings. The molecule has 8 nitrogen and oxygen atoms in total. The number of para-hydroxylation sites is 2. The fourth-order valence-electron chi connectivity index (χ4n) is 4.86. The van der Waals surface area contributed by atoms with E-state index in [1.54, 1.807) is 36.1 Å². The third-order valence-corrected chi connectivity index (χ3v) is 7.24. The van der Waals surface area contributed by atoms with Gasteiger partial charge < -0.3 is 29.7 Å². The highest BCUT2D eigenvalue weighted by Crippen LogP contribution is 2.31. The largest absolute Gasteiger partial charge is 0.495 e. The Morgan fingerprint density at radius 1 is 1.08 bits per heavy atom. The Kier molecular flexibility index (Phi) is 9.22. The molecular formula is C31H37N3O5. The first-order valence-corrected chi connectivity index (χ1v) is 13.2. The summed E-state index contributed by atoms with van der Waals surface area (Å²) >= 11 is 0. The highest BCUT2D eigenvalue weighted by Gasteiger charge is 2.31. The number of hydrogen-bond acceptors (Lipinski definition) is 5. The molecule has 0 saturated carbocycles. The van der Waals surface area contributed by atoms with Gasteiger partial charge in [-0.3, -0.25) is 4.79 Å². The van der Waals surface area contributed by atoms with E-state index in [9.17, 15) is 14.7 Å². The minimum absolute atomic E-state index is 0.137. The van der Waals surface area contributed by atoms with Crippen molar-refractivity contribution in [3.63, 3.8) is 0 Å². The van der Waals surface area contributed by atoms with Crippen LogP contribution in [0.5, 0.6) is 5.75 Å². The standard InChI is InChI=1S/C31H37N3O5/c1-21-17-34(22(2)19-35)30(36)26-14-8-7-13-25(26)24-12-6-5-11-23(24)20-39-29(21)18-33(3)31(37)32-27-15-9-10-16-28(27)38-4/h5-16,21-22,29,35H,17-20H2,1-4H3,(H,32,37)/t21-,22+,29+/m1/s1. The molecule has 1 aliphatic rings. The van der Waals surface area contributed by atoms with Crippen molar-refractivity contribution in [1.82, 2.24) is 9.80 Å². The summed E-state index contributed by atoms with van der Waals surface area (Å²) in [6.07, 6.45) is -0.381. The second-order valence-corrected chi connectivity index (χ2v) is 10.0. The molecule has 8 heteroatoms. The fourth-order valence-corrected chi connectivity index (χ4v) is 4.86. The van der Waals surface area contributed by atoms with Crippen molar-refractivity contribution in [2.45, 2.75) is 32.6 Å². The summed E-state index contributed by atoms with van der Waals surface area (Å²) in [6.45, 7) is 4.67.